The van der Waals surface area contributed by atoms with Crippen LogP contribution in [0.5, 0.6) is 0 Å². The summed E-state index contributed by atoms with van der Waals surface area (Å²) in [5.41, 5.74) is -1.40. The second kappa shape index (κ2) is 3.29. The van der Waals surface area contributed by atoms with Crippen LogP contribution in [0.15, 0.2) is 0 Å². The normalized spacial score (nSPS) is 15.4. The van der Waals surface area contributed by atoms with E-state index < -0.39 is 23.3 Å². The van der Waals surface area contributed by atoms with Crippen molar-refractivity contribution >= 4 is 6.29 Å². The van der Waals surface area contributed by atoms with Crippen LogP contribution < -0.4 is 0 Å². The van der Waals surface area contributed by atoms with Gasteiger partial charge in [-0.3, -0.25) is 10.1 Å². The molecule has 4 heteroatoms. The van der Waals surface area contributed by atoms with E-state index >= 15 is 0 Å². The number of rotatable bonds is 4. The molecule has 0 heterocycles. The molecule has 4 nitrogen and oxygen atoms in total. The first kappa shape index (κ1) is 5.82. The summed E-state index contributed by atoms with van der Waals surface area (Å²) in [4.78, 5) is 19.9. The predicted octanol–water partition coefficient (Wildman–Crippen LogP) is 1.02. The fourth-order valence-electron chi connectivity index (χ4n) is 0.356. The Morgan fingerprint density at radius 1 is 1.80 bits per heavy atom. The quantitative estimate of drug-likeness (QED) is 0.339. The van der Waals surface area contributed by atoms with E-state index in [4.69, 9.17) is 2.74 Å². The topological polar surface area (TPSA) is 60.2 Å². The van der Waals surface area contributed by atoms with Crippen LogP contribution in [0.2, 0.25) is 0 Å². The first-order chi connectivity index (χ1) is 5.21. The van der Waals surface area contributed by atoms with Crippen molar-refractivity contribution < 1.29 is 12.5 Å². The summed E-state index contributed by atoms with van der Waals surface area (Å²) in [6.45, 7) is 2.57. The third kappa shape index (κ3) is 2.57. The summed E-state index contributed by atoms with van der Waals surface area (Å²) in [6, 6.07) is 0. The molecule has 0 fully saturated rings. The second-order valence-electron chi connectivity index (χ2n) is 2.57. The van der Waals surface area contributed by atoms with E-state index in [0.29, 0.717) is 0 Å². The maximum Gasteiger partial charge on any atom is 0.217 e. The summed E-state index contributed by atoms with van der Waals surface area (Å²) >= 11 is 0. The van der Waals surface area contributed by atoms with Crippen LogP contribution >= 0.6 is 0 Å². The smallest absolute Gasteiger partial charge is 0.217 e. The molecule has 0 radical (unpaired) electrons. The van der Waals surface area contributed by atoms with Gasteiger partial charge in [0, 0.05) is 34.3 Å². The fourth-order valence-corrected chi connectivity index (χ4v) is 0.356. The molecule has 58 valence electrons. The molecule has 0 spiro atoms. The molecule has 0 aliphatic carbocycles. The van der Waals surface area contributed by atoms with Crippen LogP contribution in [0.25, 0.3) is 0 Å². The van der Waals surface area contributed by atoms with Gasteiger partial charge in [0.1, 0.15) is 6.29 Å². The minimum absolute atomic E-state index is 0.0955. The van der Waals surface area contributed by atoms with Gasteiger partial charge in [0.05, 0.1) is 0 Å². The van der Waals surface area contributed by atoms with Crippen LogP contribution in [0.4, 0.5) is 0 Å². The van der Waals surface area contributed by atoms with Crippen molar-refractivity contribution in [3.05, 3.63) is 10.1 Å². The van der Waals surface area contributed by atoms with Crippen molar-refractivity contribution in [2.24, 2.45) is 0 Å². The average molecular weight is 147 g/mol. The van der Waals surface area contributed by atoms with Crippen LogP contribution in [0, 0.1) is 10.1 Å². The number of nitro groups is 1. The Morgan fingerprint density at radius 3 is 2.60 bits per heavy atom. The number of carbonyl (C=O) groups is 1. The summed E-state index contributed by atoms with van der Waals surface area (Å²) in [7, 11) is 0. The predicted molar refractivity (Wildman–Crippen MR) is 36.4 cm³/mol. The largest absolute Gasteiger partial charge is 0.303 e. The Labute approximate surface area is 62.2 Å². The van der Waals surface area contributed by atoms with E-state index in [9.17, 15) is 14.9 Å². The summed E-state index contributed by atoms with van der Waals surface area (Å²) in [5, 5.41) is 10.3. The first-order valence-corrected chi connectivity index (χ1v) is 2.82. The minimum atomic E-state index is -2.11. The van der Waals surface area contributed by atoms with Crippen molar-refractivity contribution in [1.82, 2.24) is 0 Å². The number of carbonyl (C=O) groups excluding carboxylic acids is 1. The summed E-state index contributed by atoms with van der Waals surface area (Å²) in [5.74, 6) is 0. The minimum Gasteiger partial charge on any atom is -0.303 e. The summed E-state index contributed by atoms with van der Waals surface area (Å²) in [6.07, 6.45) is -2.43. The molecule has 0 saturated heterocycles. The Bertz CT molecular complexity index is 203. The van der Waals surface area contributed by atoms with E-state index in [1.54, 1.807) is 0 Å². The van der Waals surface area contributed by atoms with Crippen molar-refractivity contribution in [3.63, 3.8) is 0 Å². The molecule has 0 aliphatic heterocycles. The molecule has 10 heavy (non-hydrogen) atoms. The monoisotopic (exact) mass is 147 g/mol. The van der Waals surface area contributed by atoms with E-state index in [-0.39, 0.29) is 6.29 Å². The summed E-state index contributed by atoms with van der Waals surface area (Å²) < 4.78 is 14.0. The molecular formula is C6H11NO3. The molecule has 0 aliphatic rings. The van der Waals surface area contributed by atoms with Gasteiger partial charge >= 0.3 is 0 Å². The number of hydrogen-bond acceptors (Lipinski definition) is 3. The van der Waals surface area contributed by atoms with Crippen molar-refractivity contribution in [1.29, 1.82) is 0 Å². The van der Waals surface area contributed by atoms with E-state index in [2.05, 4.69) is 0 Å². The van der Waals surface area contributed by atoms with Gasteiger partial charge in [-0.2, -0.15) is 0 Å². The molecule has 0 rings (SSSR count). The average Bonchev–Trinajstić information content (AvgIpc) is 1.85. The highest BCUT2D eigenvalue weighted by molar-refractivity contribution is 5.49. The standard InChI is InChI=1S/C6H11NO3/c1-6(2,7(9)10)4-3-5-8/h5H,3-4H2,1-2H3/i3D2. The van der Waals surface area contributed by atoms with E-state index in [1.165, 1.54) is 13.8 Å². The molecule has 0 aromatic carbocycles. The van der Waals surface area contributed by atoms with Gasteiger partial charge in [0.15, 0.2) is 0 Å². The SMILES string of the molecule is [2H]C([2H])(C=O)CC(C)(C)[N+](=O)[O-]. The zero-order chi connectivity index (χ0) is 9.99. The Hall–Kier alpha value is -0.930. The molecule has 0 aromatic heterocycles. The lowest BCUT2D eigenvalue weighted by Gasteiger charge is -2.12. The molecule has 0 unspecified atom stereocenters. The zero-order valence-electron chi connectivity index (χ0n) is 7.96. The fraction of sp³-hybridized carbons (Fsp3) is 0.833. The molecule has 0 aromatic rings. The van der Waals surface area contributed by atoms with Gasteiger partial charge in [-0.25, -0.2) is 0 Å². The highest BCUT2D eigenvalue weighted by Gasteiger charge is 2.29. The van der Waals surface area contributed by atoms with E-state index in [1.807, 2.05) is 0 Å². The Kier molecular flexibility index (Phi) is 1.92. The zero-order valence-corrected chi connectivity index (χ0v) is 5.96. The van der Waals surface area contributed by atoms with Crippen LogP contribution in [0.3, 0.4) is 0 Å². The van der Waals surface area contributed by atoms with Crippen LogP contribution in [-0.2, 0) is 4.79 Å². The molecule has 0 bridgehead atoms. The highest BCUT2D eigenvalue weighted by atomic mass is 16.6. The van der Waals surface area contributed by atoms with Crippen molar-refractivity contribution in [2.75, 3.05) is 0 Å². The molecular weight excluding hydrogens is 134 g/mol. The van der Waals surface area contributed by atoms with Crippen LogP contribution in [0.1, 0.15) is 29.4 Å². The van der Waals surface area contributed by atoms with Gasteiger partial charge in [0.2, 0.25) is 5.54 Å². The second-order valence-corrected chi connectivity index (χ2v) is 2.57. The maximum atomic E-state index is 10.3. The molecule has 0 amide bonds. The van der Waals surface area contributed by atoms with Gasteiger partial charge in [-0.15, -0.1) is 0 Å². The number of nitrogens with zero attached hydrogens (tertiary/aromatic N) is 1. The van der Waals surface area contributed by atoms with Gasteiger partial charge < -0.3 is 4.79 Å². The lowest BCUT2D eigenvalue weighted by molar-refractivity contribution is -0.561. The maximum absolute atomic E-state index is 10.3. The third-order valence-corrected chi connectivity index (χ3v) is 1.11. The molecule has 0 saturated carbocycles. The number of aldehydes is 1. The molecule has 0 atom stereocenters. The van der Waals surface area contributed by atoms with Crippen LogP contribution in [-0.4, -0.2) is 16.7 Å². The van der Waals surface area contributed by atoms with Gasteiger partial charge in [0.25, 0.3) is 0 Å². The lowest BCUT2D eigenvalue weighted by Crippen LogP contribution is -2.30. The first-order valence-electron chi connectivity index (χ1n) is 3.82. The van der Waals surface area contributed by atoms with Gasteiger partial charge in [-0.1, -0.05) is 0 Å². The van der Waals surface area contributed by atoms with Crippen molar-refractivity contribution in [3.8, 4) is 0 Å². The van der Waals surface area contributed by atoms with Crippen molar-refractivity contribution in [2.45, 2.75) is 32.2 Å². The van der Waals surface area contributed by atoms with Gasteiger partial charge in [-0.05, 0) is 0 Å². The Morgan fingerprint density at radius 2 is 2.30 bits per heavy atom. The van der Waals surface area contributed by atoms with E-state index in [0.717, 1.165) is 0 Å². The Balaban J connectivity index is 4.44. The third-order valence-electron chi connectivity index (χ3n) is 1.11. The lowest BCUT2D eigenvalue weighted by atomic mass is 10.0. The highest BCUT2D eigenvalue weighted by Crippen LogP contribution is 2.13. The molecule has 0 N–H and O–H groups in total. The number of hydrogen-bond donors (Lipinski definition) is 0.